The number of carbonyl (C=O) groups excluding carboxylic acids is 2. The van der Waals surface area contributed by atoms with E-state index in [1.54, 1.807) is 6.92 Å². The van der Waals surface area contributed by atoms with Crippen molar-refractivity contribution < 1.29 is 14.3 Å². The molecule has 0 aromatic rings. The van der Waals surface area contributed by atoms with E-state index in [0.717, 1.165) is 51.6 Å². The van der Waals surface area contributed by atoms with E-state index in [-0.39, 0.29) is 11.9 Å². The first-order chi connectivity index (χ1) is 13.1. The van der Waals surface area contributed by atoms with Gasteiger partial charge in [-0.25, -0.2) is 0 Å². The van der Waals surface area contributed by atoms with Gasteiger partial charge in [0.2, 0.25) is 0 Å². The van der Waals surface area contributed by atoms with Gasteiger partial charge in [-0.15, -0.1) is 0 Å². The van der Waals surface area contributed by atoms with Crippen LogP contribution in [-0.4, -0.2) is 36.0 Å². The minimum absolute atomic E-state index is 0.0441. The fourth-order valence-electron chi connectivity index (χ4n) is 3.17. The predicted molar refractivity (Wildman–Crippen MR) is 114 cm³/mol. The summed E-state index contributed by atoms with van der Waals surface area (Å²) in [4.78, 5) is 26.4. The van der Waals surface area contributed by atoms with Crippen molar-refractivity contribution in [1.82, 2.24) is 4.90 Å². The lowest BCUT2D eigenvalue weighted by molar-refractivity contribution is -0.159. The lowest BCUT2D eigenvalue weighted by atomic mass is 10.1. The predicted octanol–water partition coefficient (Wildman–Crippen LogP) is 6.27. The van der Waals surface area contributed by atoms with Gasteiger partial charge in [-0.2, -0.15) is 0 Å². The van der Waals surface area contributed by atoms with Crippen LogP contribution in [0.5, 0.6) is 0 Å². The van der Waals surface area contributed by atoms with Crippen molar-refractivity contribution >= 4 is 11.9 Å². The number of hydrogen-bond donors (Lipinski definition) is 0. The van der Waals surface area contributed by atoms with E-state index in [9.17, 15) is 9.59 Å². The van der Waals surface area contributed by atoms with Gasteiger partial charge in [-0.05, 0) is 26.2 Å². The highest BCUT2D eigenvalue weighted by Gasteiger charge is 2.23. The summed E-state index contributed by atoms with van der Waals surface area (Å²) in [5.41, 5.74) is 0. The summed E-state index contributed by atoms with van der Waals surface area (Å²) in [6.07, 6.45) is 14.9. The van der Waals surface area contributed by atoms with E-state index in [0.29, 0.717) is 6.42 Å². The Kier molecular flexibility index (Phi) is 17.6. The average molecular weight is 384 g/mol. The normalized spacial score (nSPS) is 12.0. The Morgan fingerprint density at radius 2 is 1.15 bits per heavy atom. The molecule has 0 spiro atoms. The number of carbonyl (C=O) groups is 2. The minimum Gasteiger partial charge on any atom is -0.453 e. The third kappa shape index (κ3) is 14.6. The molecule has 0 unspecified atom stereocenters. The van der Waals surface area contributed by atoms with Gasteiger partial charge in [0.05, 0.1) is 0 Å². The molecule has 0 saturated heterocycles. The van der Waals surface area contributed by atoms with Gasteiger partial charge in [0.25, 0.3) is 5.91 Å². The third-order valence-corrected chi connectivity index (χ3v) is 5.02. The molecule has 4 heteroatoms. The van der Waals surface area contributed by atoms with E-state index in [2.05, 4.69) is 20.8 Å². The van der Waals surface area contributed by atoms with Gasteiger partial charge >= 0.3 is 5.97 Å². The molecule has 0 aliphatic carbocycles. The Balaban J connectivity index is 3.94. The molecule has 0 aromatic carbocycles. The monoisotopic (exact) mass is 383 g/mol. The van der Waals surface area contributed by atoms with Crippen LogP contribution in [-0.2, 0) is 14.3 Å². The first kappa shape index (κ1) is 25.9. The van der Waals surface area contributed by atoms with E-state index in [1.807, 2.05) is 4.90 Å². The van der Waals surface area contributed by atoms with Crippen LogP contribution in [0.1, 0.15) is 118 Å². The van der Waals surface area contributed by atoms with E-state index in [4.69, 9.17) is 4.74 Å². The number of unbranched alkanes of at least 4 members (excludes halogenated alkanes) is 10. The maximum Gasteiger partial charge on any atom is 0.306 e. The van der Waals surface area contributed by atoms with E-state index < -0.39 is 6.10 Å². The summed E-state index contributed by atoms with van der Waals surface area (Å²) in [5.74, 6) is -0.276. The fourth-order valence-corrected chi connectivity index (χ4v) is 3.17. The van der Waals surface area contributed by atoms with E-state index in [1.165, 1.54) is 44.9 Å². The van der Waals surface area contributed by atoms with Crippen LogP contribution in [0.2, 0.25) is 0 Å². The molecule has 4 nitrogen and oxygen atoms in total. The quantitative estimate of drug-likeness (QED) is 0.207. The highest BCUT2D eigenvalue weighted by Crippen LogP contribution is 2.12. The lowest BCUT2D eigenvalue weighted by Gasteiger charge is -2.25. The zero-order chi connectivity index (χ0) is 20.3. The number of hydrogen-bond acceptors (Lipinski definition) is 3. The largest absolute Gasteiger partial charge is 0.453 e. The Hall–Kier alpha value is -1.06. The molecular weight excluding hydrogens is 338 g/mol. The molecule has 0 saturated carbocycles. The second-order valence-corrected chi connectivity index (χ2v) is 7.74. The molecule has 0 aliphatic heterocycles. The summed E-state index contributed by atoms with van der Waals surface area (Å²) in [7, 11) is 0. The molecule has 0 fully saturated rings. The summed E-state index contributed by atoms with van der Waals surface area (Å²) >= 11 is 0. The molecule has 27 heavy (non-hydrogen) atoms. The number of rotatable bonds is 18. The van der Waals surface area contributed by atoms with Crippen molar-refractivity contribution in [1.29, 1.82) is 0 Å². The standard InChI is InChI=1S/C23H45NO3/c1-5-8-11-12-13-14-15-16-17-18-22(25)27-21(4)23(26)24(19-9-6-2)20-10-7-3/h21H,5-20H2,1-4H3/t21-/m1/s1. The number of amides is 1. The second-order valence-electron chi connectivity index (χ2n) is 7.74. The summed E-state index contributed by atoms with van der Waals surface area (Å²) in [5, 5.41) is 0. The van der Waals surface area contributed by atoms with Crippen molar-refractivity contribution in [3.8, 4) is 0 Å². The molecule has 0 aromatic heterocycles. The molecule has 160 valence electrons. The Bertz CT molecular complexity index is 363. The molecule has 1 atom stereocenters. The molecule has 1 amide bonds. The van der Waals surface area contributed by atoms with Gasteiger partial charge < -0.3 is 9.64 Å². The summed E-state index contributed by atoms with van der Waals surface area (Å²) in [6.45, 7) is 9.71. The zero-order valence-corrected chi connectivity index (χ0v) is 18.6. The van der Waals surface area contributed by atoms with Crippen LogP contribution in [0.25, 0.3) is 0 Å². The number of esters is 1. The van der Waals surface area contributed by atoms with Crippen LogP contribution >= 0.6 is 0 Å². The van der Waals surface area contributed by atoms with Crippen LogP contribution in [0.15, 0.2) is 0 Å². The van der Waals surface area contributed by atoms with Crippen molar-refractivity contribution in [2.75, 3.05) is 13.1 Å². The molecule has 0 heterocycles. The van der Waals surface area contributed by atoms with Gasteiger partial charge in [0.1, 0.15) is 0 Å². The number of nitrogens with zero attached hydrogens (tertiary/aromatic N) is 1. The smallest absolute Gasteiger partial charge is 0.306 e. The summed E-state index contributed by atoms with van der Waals surface area (Å²) in [6, 6.07) is 0. The highest BCUT2D eigenvalue weighted by molar-refractivity contribution is 5.83. The SMILES string of the molecule is CCCCCCCCCCCC(=O)O[C@H](C)C(=O)N(CCCC)CCCC. The minimum atomic E-state index is -0.662. The molecule has 0 bridgehead atoms. The van der Waals surface area contributed by atoms with Crippen LogP contribution in [0.3, 0.4) is 0 Å². The second kappa shape index (κ2) is 18.3. The van der Waals surface area contributed by atoms with Crippen molar-refractivity contribution in [3.05, 3.63) is 0 Å². The fraction of sp³-hybridized carbons (Fsp3) is 0.913. The molecule has 0 aliphatic rings. The Labute approximate surface area is 168 Å². The van der Waals surface area contributed by atoms with Crippen molar-refractivity contribution in [2.45, 2.75) is 124 Å². The van der Waals surface area contributed by atoms with E-state index >= 15 is 0 Å². The first-order valence-electron chi connectivity index (χ1n) is 11.5. The van der Waals surface area contributed by atoms with Gasteiger partial charge in [-0.1, -0.05) is 85.0 Å². The highest BCUT2D eigenvalue weighted by atomic mass is 16.5. The molecule has 0 rings (SSSR count). The average Bonchev–Trinajstić information content (AvgIpc) is 2.66. The Morgan fingerprint density at radius 1 is 0.704 bits per heavy atom. The molecule has 0 radical (unpaired) electrons. The third-order valence-electron chi connectivity index (χ3n) is 5.02. The van der Waals surface area contributed by atoms with Gasteiger partial charge in [0.15, 0.2) is 6.10 Å². The maximum absolute atomic E-state index is 12.6. The zero-order valence-electron chi connectivity index (χ0n) is 18.6. The van der Waals surface area contributed by atoms with Crippen molar-refractivity contribution in [3.63, 3.8) is 0 Å². The van der Waals surface area contributed by atoms with Gasteiger partial charge in [-0.3, -0.25) is 9.59 Å². The summed E-state index contributed by atoms with van der Waals surface area (Å²) < 4.78 is 5.39. The van der Waals surface area contributed by atoms with Crippen LogP contribution in [0.4, 0.5) is 0 Å². The van der Waals surface area contributed by atoms with Crippen molar-refractivity contribution in [2.24, 2.45) is 0 Å². The Morgan fingerprint density at radius 3 is 1.63 bits per heavy atom. The van der Waals surface area contributed by atoms with Gasteiger partial charge in [0, 0.05) is 19.5 Å². The lowest BCUT2D eigenvalue weighted by Crippen LogP contribution is -2.41. The van der Waals surface area contributed by atoms with Crippen LogP contribution < -0.4 is 0 Å². The van der Waals surface area contributed by atoms with Crippen LogP contribution in [0, 0.1) is 0 Å². The first-order valence-corrected chi connectivity index (χ1v) is 11.5. The molecule has 0 N–H and O–H groups in total. The molecular formula is C23H45NO3. The maximum atomic E-state index is 12.6. The topological polar surface area (TPSA) is 46.6 Å². The number of ether oxygens (including phenoxy) is 1.